The van der Waals surface area contributed by atoms with Gasteiger partial charge in [-0.2, -0.15) is 0 Å². The molecule has 3 aromatic rings. The molecule has 1 saturated heterocycles. The molecule has 7 nitrogen and oxygen atoms in total. The number of carboxylic acid groups (broad SMARTS) is 1. The number of fused-ring (bicyclic) bond motifs is 1. The highest BCUT2D eigenvalue weighted by Gasteiger charge is 2.29. The lowest BCUT2D eigenvalue weighted by molar-refractivity contribution is 0.0695. The van der Waals surface area contributed by atoms with Crippen molar-refractivity contribution in [3.05, 3.63) is 53.9 Å². The minimum atomic E-state index is -1.01. The van der Waals surface area contributed by atoms with Gasteiger partial charge in [0.25, 0.3) is 0 Å². The molecule has 0 amide bonds. The summed E-state index contributed by atoms with van der Waals surface area (Å²) in [6.07, 6.45) is 4.81. The summed E-state index contributed by atoms with van der Waals surface area (Å²) in [5.74, 6) is 0.686. The van der Waals surface area contributed by atoms with Crippen molar-refractivity contribution in [3.63, 3.8) is 0 Å². The fourth-order valence-corrected chi connectivity index (χ4v) is 3.45. The number of nitrogens with zero attached hydrogens (tertiary/aromatic N) is 5. The van der Waals surface area contributed by atoms with Crippen LogP contribution in [0.4, 0.5) is 0 Å². The molecule has 0 spiro atoms. The largest absolute Gasteiger partial charge is 0.478 e. The molecule has 0 bridgehead atoms. The van der Waals surface area contributed by atoms with Gasteiger partial charge < -0.3 is 9.67 Å². The Kier molecular flexibility index (Phi) is 3.93. The molecule has 3 heterocycles. The lowest BCUT2D eigenvalue weighted by atomic mass is 10.2. The second kappa shape index (κ2) is 6.25. The van der Waals surface area contributed by atoms with Gasteiger partial charge >= 0.3 is 5.97 Å². The number of aryl methyl sites for hydroxylation is 1. The molecule has 4 rings (SSSR count). The number of imidazole rings is 1. The molecule has 1 unspecified atom stereocenters. The fourth-order valence-electron chi connectivity index (χ4n) is 3.45. The number of benzene rings is 1. The molecule has 1 N–H and O–H groups in total. The van der Waals surface area contributed by atoms with Crippen LogP contribution in [0.15, 0.2) is 36.7 Å². The van der Waals surface area contributed by atoms with Gasteiger partial charge in [0, 0.05) is 19.4 Å². The second-order valence-electron chi connectivity index (χ2n) is 6.34. The highest BCUT2D eigenvalue weighted by molar-refractivity contribution is 5.86. The van der Waals surface area contributed by atoms with E-state index in [0.29, 0.717) is 5.82 Å². The van der Waals surface area contributed by atoms with E-state index in [9.17, 15) is 4.79 Å². The van der Waals surface area contributed by atoms with Crippen molar-refractivity contribution in [1.82, 2.24) is 24.4 Å². The van der Waals surface area contributed by atoms with E-state index >= 15 is 0 Å². The zero-order valence-corrected chi connectivity index (χ0v) is 14.0. The molecule has 1 aromatic carbocycles. The maximum atomic E-state index is 11.0. The third-order valence-corrected chi connectivity index (χ3v) is 4.80. The van der Waals surface area contributed by atoms with Crippen molar-refractivity contribution in [2.45, 2.75) is 25.4 Å². The van der Waals surface area contributed by atoms with E-state index in [4.69, 9.17) is 10.1 Å². The molecule has 1 aliphatic heterocycles. The van der Waals surface area contributed by atoms with E-state index in [1.54, 1.807) is 0 Å². The first-order chi connectivity index (χ1) is 12.1. The molecule has 1 aliphatic rings. The normalized spacial score (nSPS) is 18.0. The predicted octanol–water partition coefficient (Wildman–Crippen LogP) is 2.40. The highest BCUT2D eigenvalue weighted by atomic mass is 16.4. The number of likely N-dealkylation sites (tertiary alicyclic amines) is 1. The van der Waals surface area contributed by atoms with E-state index in [1.807, 2.05) is 25.2 Å². The van der Waals surface area contributed by atoms with Crippen LogP contribution in [0.25, 0.3) is 11.0 Å². The SMILES string of the molecule is Cn1c(CN2CCCC2c2ncc(C(=O)O)cn2)nc2ccccc21. The number of rotatable bonds is 4. The first kappa shape index (κ1) is 15.7. The van der Waals surface area contributed by atoms with Crippen LogP contribution in [0, 0.1) is 0 Å². The smallest absolute Gasteiger partial charge is 0.338 e. The van der Waals surface area contributed by atoms with Gasteiger partial charge in [-0.15, -0.1) is 0 Å². The number of hydrogen-bond acceptors (Lipinski definition) is 5. The molecule has 1 fully saturated rings. The summed E-state index contributed by atoms with van der Waals surface area (Å²) < 4.78 is 2.12. The molecule has 25 heavy (non-hydrogen) atoms. The highest BCUT2D eigenvalue weighted by Crippen LogP contribution is 2.31. The average molecular weight is 337 g/mol. The van der Waals surface area contributed by atoms with Crippen LogP contribution < -0.4 is 0 Å². The second-order valence-corrected chi connectivity index (χ2v) is 6.34. The zero-order chi connectivity index (χ0) is 17.4. The number of hydrogen-bond donors (Lipinski definition) is 1. The first-order valence-corrected chi connectivity index (χ1v) is 8.33. The Morgan fingerprint density at radius 2 is 2.04 bits per heavy atom. The predicted molar refractivity (Wildman–Crippen MR) is 92.1 cm³/mol. The molecule has 0 aliphatic carbocycles. The Balaban J connectivity index is 1.58. The number of aromatic carboxylic acids is 1. The van der Waals surface area contributed by atoms with Crippen molar-refractivity contribution < 1.29 is 9.90 Å². The van der Waals surface area contributed by atoms with Gasteiger partial charge in [-0.3, -0.25) is 4.90 Å². The Bertz CT molecular complexity index is 919. The number of para-hydroxylation sites is 2. The quantitative estimate of drug-likeness (QED) is 0.787. The standard InChI is InChI=1S/C18H19N5O2/c1-22-14-6-3-2-5-13(14)21-16(22)11-23-8-4-7-15(23)17-19-9-12(10-20-17)18(24)25/h2-3,5-6,9-10,15H,4,7-8,11H2,1H3,(H,24,25). The summed E-state index contributed by atoms with van der Waals surface area (Å²) in [7, 11) is 2.04. The molecular formula is C18H19N5O2. The summed E-state index contributed by atoms with van der Waals surface area (Å²) in [5.41, 5.74) is 2.23. The van der Waals surface area contributed by atoms with Crippen molar-refractivity contribution in [1.29, 1.82) is 0 Å². The number of aromatic nitrogens is 4. The average Bonchev–Trinajstić information content (AvgIpc) is 3.21. The van der Waals surface area contributed by atoms with Crippen LogP contribution >= 0.6 is 0 Å². The summed E-state index contributed by atoms with van der Waals surface area (Å²) in [4.78, 5) is 26.6. The van der Waals surface area contributed by atoms with E-state index in [-0.39, 0.29) is 11.6 Å². The lowest BCUT2D eigenvalue weighted by Crippen LogP contribution is -2.25. The molecule has 1 atom stereocenters. The van der Waals surface area contributed by atoms with E-state index in [1.165, 1.54) is 12.4 Å². The molecule has 2 aromatic heterocycles. The van der Waals surface area contributed by atoms with Gasteiger partial charge in [0.1, 0.15) is 11.6 Å². The molecule has 7 heteroatoms. The van der Waals surface area contributed by atoms with E-state index in [2.05, 4.69) is 25.5 Å². The summed E-state index contributed by atoms with van der Waals surface area (Å²) >= 11 is 0. The first-order valence-electron chi connectivity index (χ1n) is 8.33. The maximum Gasteiger partial charge on any atom is 0.338 e. The van der Waals surface area contributed by atoms with Crippen LogP contribution in [-0.2, 0) is 13.6 Å². The fraction of sp³-hybridized carbons (Fsp3) is 0.333. The Morgan fingerprint density at radius 3 is 2.76 bits per heavy atom. The van der Waals surface area contributed by atoms with Crippen LogP contribution in [0.1, 0.15) is 40.9 Å². The maximum absolute atomic E-state index is 11.0. The Hall–Kier alpha value is -2.80. The van der Waals surface area contributed by atoms with Gasteiger partial charge in [-0.1, -0.05) is 12.1 Å². The molecule has 0 radical (unpaired) electrons. The van der Waals surface area contributed by atoms with E-state index in [0.717, 1.165) is 42.8 Å². The minimum Gasteiger partial charge on any atom is -0.478 e. The Labute approximate surface area is 145 Å². The van der Waals surface area contributed by atoms with Crippen LogP contribution in [0.5, 0.6) is 0 Å². The van der Waals surface area contributed by atoms with Crippen molar-refractivity contribution >= 4 is 17.0 Å². The molecule has 0 saturated carbocycles. The van der Waals surface area contributed by atoms with Gasteiger partial charge in [0.2, 0.25) is 0 Å². The number of carboxylic acids is 1. The van der Waals surface area contributed by atoms with Crippen molar-refractivity contribution in [3.8, 4) is 0 Å². The monoisotopic (exact) mass is 337 g/mol. The van der Waals surface area contributed by atoms with Gasteiger partial charge in [0.05, 0.1) is 29.2 Å². The lowest BCUT2D eigenvalue weighted by Gasteiger charge is -2.22. The third-order valence-electron chi connectivity index (χ3n) is 4.80. The topological polar surface area (TPSA) is 84.1 Å². The van der Waals surface area contributed by atoms with Gasteiger partial charge in [-0.25, -0.2) is 19.7 Å². The van der Waals surface area contributed by atoms with Crippen molar-refractivity contribution in [2.75, 3.05) is 6.54 Å². The van der Waals surface area contributed by atoms with Crippen LogP contribution in [0.3, 0.4) is 0 Å². The summed E-state index contributed by atoms with van der Waals surface area (Å²) in [6, 6.07) is 8.21. The summed E-state index contributed by atoms with van der Waals surface area (Å²) in [6.45, 7) is 1.68. The zero-order valence-electron chi connectivity index (χ0n) is 14.0. The summed E-state index contributed by atoms with van der Waals surface area (Å²) in [5, 5.41) is 8.99. The van der Waals surface area contributed by atoms with Gasteiger partial charge in [0.15, 0.2) is 0 Å². The third kappa shape index (κ3) is 2.87. The van der Waals surface area contributed by atoms with Crippen LogP contribution in [-0.4, -0.2) is 42.0 Å². The van der Waals surface area contributed by atoms with E-state index < -0.39 is 5.97 Å². The molecular weight excluding hydrogens is 318 g/mol. The van der Waals surface area contributed by atoms with Crippen molar-refractivity contribution in [2.24, 2.45) is 7.05 Å². The number of carbonyl (C=O) groups is 1. The Morgan fingerprint density at radius 1 is 1.28 bits per heavy atom. The molecule has 128 valence electrons. The van der Waals surface area contributed by atoms with Crippen LogP contribution in [0.2, 0.25) is 0 Å². The van der Waals surface area contributed by atoms with Gasteiger partial charge in [-0.05, 0) is 31.5 Å². The minimum absolute atomic E-state index is 0.0997.